The van der Waals surface area contributed by atoms with Crippen LogP contribution in [0.5, 0.6) is 0 Å². The van der Waals surface area contributed by atoms with E-state index in [-0.39, 0.29) is 18.2 Å². The van der Waals surface area contributed by atoms with E-state index in [1.165, 1.54) is 4.90 Å². The number of imide groups is 1. The van der Waals surface area contributed by atoms with Crippen LogP contribution in [0.15, 0.2) is 18.2 Å². The van der Waals surface area contributed by atoms with Gasteiger partial charge in [-0.1, -0.05) is 0 Å². The van der Waals surface area contributed by atoms with Crippen LogP contribution in [0.3, 0.4) is 0 Å². The van der Waals surface area contributed by atoms with Crippen molar-refractivity contribution in [1.29, 1.82) is 5.26 Å². The molecular formula is C15H16N4O3. The van der Waals surface area contributed by atoms with Gasteiger partial charge in [0.1, 0.15) is 6.04 Å². The monoisotopic (exact) mass is 300 g/mol. The third-order valence-electron chi connectivity index (χ3n) is 3.70. The number of hydrogen-bond acceptors (Lipinski definition) is 5. The number of carbonyl (C=O) groups excluding carboxylic acids is 3. The average Bonchev–Trinajstić information content (AvgIpc) is 2.53. The van der Waals surface area contributed by atoms with Crippen LogP contribution in [0.4, 0.5) is 11.4 Å². The van der Waals surface area contributed by atoms with Gasteiger partial charge in [0.2, 0.25) is 18.2 Å². The largest absolute Gasteiger partial charge is 0.361 e. The molecule has 1 aliphatic heterocycles. The highest BCUT2D eigenvalue weighted by Gasteiger charge is 2.31. The van der Waals surface area contributed by atoms with Gasteiger partial charge in [-0.15, -0.1) is 0 Å². The minimum atomic E-state index is -0.496. The van der Waals surface area contributed by atoms with Gasteiger partial charge in [-0.3, -0.25) is 19.7 Å². The molecule has 0 bridgehead atoms. The minimum Gasteiger partial charge on any atom is -0.361 e. The number of anilines is 2. The Bertz CT molecular complexity index is 665. The lowest BCUT2D eigenvalue weighted by Crippen LogP contribution is -2.51. The Morgan fingerprint density at radius 1 is 1.32 bits per heavy atom. The summed E-state index contributed by atoms with van der Waals surface area (Å²) in [5, 5.41) is 11.3. The molecule has 1 saturated heterocycles. The number of nitrogens with zero attached hydrogens (tertiary/aromatic N) is 3. The highest BCUT2D eigenvalue weighted by molar-refractivity contribution is 6.02. The van der Waals surface area contributed by atoms with Gasteiger partial charge in [-0.05, 0) is 24.6 Å². The first-order valence-electron chi connectivity index (χ1n) is 6.76. The summed E-state index contributed by atoms with van der Waals surface area (Å²) < 4.78 is 0. The van der Waals surface area contributed by atoms with Crippen molar-refractivity contribution in [2.45, 2.75) is 18.9 Å². The first-order chi connectivity index (χ1) is 10.5. The lowest BCUT2D eigenvalue weighted by Gasteiger charge is -2.33. The third-order valence-corrected chi connectivity index (χ3v) is 3.70. The summed E-state index contributed by atoms with van der Waals surface area (Å²) in [6.45, 7) is 0. The Kier molecular flexibility index (Phi) is 4.41. The molecule has 1 unspecified atom stereocenters. The summed E-state index contributed by atoms with van der Waals surface area (Å²) in [4.78, 5) is 37.4. The topological polar surface area (TPSA) is 93.5 Å². The van der Waals surface area contributed by atoms with Crippen molar-refractivity contribution in [2.75, 3.05) is 23.9 Å². The van der Waals surface area contributed by atoms with E-state index in [4.69, 9.17) is 5.26 Å². The molecule has 1 N–H and O–H groups in total. The van der Waals surface area contributed by atoms with Crippen molar-refractivity contribution in [3.8, 4) is 6.07 Å². The molecule has 1 aromatic carbocycles. The van der Waals surface area contributed by atoms with Crippen LogP contribution in [0, 0.1) is 11.3 Å². The van der Waals surface area contributed by atoms with E-state index in [1.54, 1.807) is 37.2 Å². The number of carbonyl (C=O) groups is 3. The summed E-state index contributed by atoms with van der Waals surface area (Å²) in [5.74, 6) is -0.637. The number of amides is 3. The van der Waals surface area contributed by atoms with E-state index in [9.17, 15) is 14.4 Å². The van der Waals surface area contributed by atoms with Crippen LogP contribution in [0.2, 0.25) is 0 Å². The Morgan fingerprint density at radius 2 is 2.05 bits per heavy atom. The predicted octanol–water partition coefficient (Wildman–Crippen LogP) is 0.392. The summed E-state index contributed by atoms with van der Waals surface area (Å²) in [5.41, 5.74) is 1.59. The fourth-order valence-electron chi connectivity index (χ4n) is 2.45. The number of hydrogen-bond donors (Lipinski definition) is 1. The fraction of sp³-hybridized carbons (Fsp3) is 0.333. The van der Waals surface area contributed by atoms with Crippen molar-refractivity contribution < 1.29 is 14.4 Å². The van der Waals surface area contributed by atoms with Crippen molar-refractivity contribution in [3.05, 3.63) is 23.8 Å². The lowest BCUT2D eigenvalue weighted by atomic mass is 10.0. The standard InChI is InChI=1S/C15H16N4O3/c1-18(9-20)13-7-10(8-16)3-4-11(13)19(2)12-5-6-14(21)17-15(12)22/h3-4,7,9,12H,5-6H2,1-2H3,(H,17,21,22). The molecule has 0 spiro atoms. The van der Waals surface area contributed by atoms with E-state index in [0.717, 1.165) is 0 Å². The van der Waals surface area contributed by atoms with Crippen molar-refractivity contribution in [2.24, 2.45) is 0 Å². The molecule has 0 aliphatic carbocycles. The van der Waals surface area contributed by atoms with Crippen molar-refractivity contribution in [3.63, 3.8) is 0 Å². The zero-order chi connectivity index (χ0) is 16.3. The Labute approximate surface area is 128 Å². The molecule has 0 aromatic heterocycles. The number of rotatable bonds is 4. The second kappa shape index (κ2) is 6.26. The van der Waals surface area contributed by atoms with Gasteiger partial charge in [-0.2, -0.15) is 5.26 Å². The molecule has 7 heteroatoms. The van der Waals surface area contributed by atoms with Gasteiger partial charge in [-0.25, -0.2) is 0 Å². The van der Waals surface area contributed by atoms with Crippen LogP contribution in [-0.2, 0) is 14.4 Å². The van der Waals surface area contributed by atoms with Crippen molar-refractivity contribution >= 4 is 29.6 Å². The highest BCUT2D eigenvalue weighted by atomic mass is 16.2. The molecular weight excluding hydrogens is 284 g/mol. The molecule has 0 radical (unpaired) electrons. The van der Waals surface area contributed by atoms with Crippen LogP contribution in [-0.4, -0.2) is 38.4 Å². The number of nitriles is 1. The number of likely N-dealkylation sites (N-methyl/N-ethyl adjacent to an activating group) is 1. The maximum absolute atomic E-state index is 12.0. The second-order valence-corrected chi connectivity index (χ2v) is 5.11. The lowest BCUT2D eigenvalue weighted by molar-refractivity contribution is -0.134. The number of benzene rings is 1. The molecule has 1 aliphatic rings. The van der Waals surface area contributed by atoms with Crippen LogP contribution in [0.25, 0.3) is 0 Å². The number of nitrogens with one attached hydrogen (secondary N) is 1. The van der Waals surface area contributed by atoms with Gasteiger partial charge in [0.25, 0.3) is 0 Å². The van der Waals surface area contributed by atoms with Gasteiger partial charge in [0, 0.05) is 20.5 Å². The van der Waals surface area contributed by atoms with Crippen LogP contribution in [0.1, 0.15) is 18.4 Å². The van der Waals surface area contributed by atoms with Crippen LogP contribution >= 0.6 is 0 Å². The molecule has 1 atom stereocenters. The highest BCUT2D eigenvalue weighted by Crippen LogP contribution is 2.31. The predicted molar refractivity (Wildman–Crippen MR) is 80.2 cm³/mol. The third kappa shape index (κ3) is 2.91. The zero-order valence-corrected chi connectivity index (χ0v) is 12.4. The van der Waals surface area contributed by atoms with Crippen LogP contribution < -0.4 is 15.1 Å². The van der Waals surface area contributed by atoms with E-state index in [2.05, 4.69) is 5.32 Å². The second-order valence-electron chi connectivity index (χ2n) is 5.11. The van der Waals surface area contributed by atoms with Crippen molar-refractivity contribution in [1.82, 2.24) is 5.32 Å². The molecule has 1 fully saturated rings. The average molecular weight is 300 g/mol. The summed E-state index contributed by atoms with van der Waals surface area (Å²) >= 11 is 0. The van der Waals surface area contributed by atoms with Gasteiger partial charge in [0.05, 0.1) is 23.0 Å². The normalized spacial score (nSPS) is 17.4. The van der Waals surface area contributed by atoms with E-state index in [0.29, 0.717) is 29.8 Å². The van der Waals surface area contributed by atoms with E-state index >= 15 is 0 Å². The van der Waals surface area contributed by atoms with E-state index in [1.807, 2.05) is 6.07 Å². The summed E-state index contributed by atoms with van der Waals surface area (Å²) in [7, 11) is 3.30. The van der Waals surface area contributed by atoms with Gasteiger partial charge < -0.3 is 9.80 Å². The Balaban J connectivity index is 2.38. The molecule has 22 heavy (non-hydrogen) atoms. The Hall–Kier alpha value is -2.88. The molecule has 2 rings (SSSR count). The summed E-state index contributed by atoms with van der Waals surface area (Å²) in [6.07, 6.45) is 1.32. The minimum absolute atomic E-state index is 0.274. The maximum atomic E-state index is 12.0. The van der Waals surface area contributed by atoms with Gasteiger partial charge in [0.15, 0.2) is 0 Å². The maximum Gasteiger partial charge on any atom is 0.249 e. The fourth-order valence-corrected chi connectivity index (χ4v) is 2.45. The van der Waals surface area contributed by atoms with Gasteiger partial charge >= 0.3 is 0 Å². The molecule has 1 aromatic rings. The smallest absolute Gasteiger partial charge is 0.249 e. The molecule has 0 saturated carbocycles. The molecule has 114 valence electrons. The zero-order valence-electron chi connectivity index (χ0n) is 12.4. The SMILES string of the molecule is CN(C=O)c1cc(C#N)ccc1N(C)C1CCC(=O)NC1=O. The summed E-state index contributed by atoms with van der Waals surface area (Å²) in [6, 6.07) is 6.43. The quantitative estimate of drug-likeness (QED) is 0.641. The van der Waals surface area contributed by atoms with E-state index < -0.39 is 6.04 Å². The first kappa shape index (κ1) is 15.5. The first-order valence-corrected chi connectivity index (χ1v) is 6.76. The molecule has 3 amide bonds. The number of piperidine rings is 1. The Morgan fingerprint density at radius 3 is 2.64 bits per heavy atom. The molecule has 1 heterocycles. The molecule has 7 nitrogen and oxygen atoms in total.